The van der Waals surface area contributed by atoms with E-state index in [1.807, 2.05) is 0 Å². The molecule has 0 saturated heterocycles. The van der Waals surface area contributed by atoms with Crippen LogP contribution in [0.4, 0.5) is 0 Å². The zero-order valence-electron chi connectivity index (χ0n) is 5.61. The second-order valence-corrected chi connectivity index (χ2v) is 2.22. The predicted octanol–water partition coefficient (Wildman–Crippen LogP) is -1.65. The number of hydrogen-bond acceptors (Lipinski definition) is 4. The molecule has 0 amide bonds. The summed E-state index contributed by atoms with van der Waals surface area (Å²) in [6.45, 7) is 0.692. The van der Waals surface area contributed by atoms with E-state index in [9.17, 15) is 4.79 Å². The number of carboxylic acid groups (broad SMARTS) is 1. The summed E-state index contributed by atoms with van der Waals surface area (Å²) in [5.41, 5.74) is 4.96. The number of aliphatic carboxylic acids is 1. The van der Waals surface area contributed by atoms with Crippen molar-refractivity contribution in [3.63, 3.8) is 0 Å². The highest BCUT2D eigenvalue weighted by Crippen LogP contribution is 2.11. The van der Waals surface area contributed by atoms with Gasteiger partial charge < -0.3 is 21.1 Å². The molecule has 0 radical (unpaired) electrons. The fourth-order valence-electron chi connectivity index (χ4n) is 0.558. The van der Waals surface area contributed by atoms with E-state index in [1.54, 1.807) is 0 Å². The van der Waals surface area contributed by atoms with Gasteiger partial charge in [-0.1, -0.05) is 0 Å². The molecule has 60 valence electrons. The number of aliphatic hydroxyl groups is 2. The summed E-state index contributed by atoms with van der Waals surface area (Å²) in [5, 5.41) is 25.8. The zero-order valence-corrected chi connectivity index (χ0v) is 5.61. The Kier molecular flexibility index (Phi) is 2.77. The molecule has 0 aromatic heterocycles. The molecule has 0 aliphatic rings. The van der Waals surface area contributed by atoms with Gasteiger partial charge in [0.25, 0.3) is 0 Å². The Balaban J connectivity index is 4.22. The van der Waals surface area contributed by atoms with Crippen molar-refractivity contribution >= 4 is 5.97 Å². The second-order valence-electron chi connectivity index (χ2n) is 2.22. The van der Waals surface area contributed by atoms with Crippen molar-refractivity contribution < 1.29 is 20.1 Å². The van der Waals surface area contributed by atoms with Crippen molar-refractivity contribution in [3.05, 3.63) is 0 Å². The molecule has 0 spiro atoms. The van der Waals surface area contributed by atoms with Gasteiger partial charge in [0.2, 0.25) is 0 Å². The van der Waals surface area contributed by atoms with Gasteiger partial charge in [-0.05, 0) is 6.92 Å². The smallest absolute Gasteiger partial charge is 0.313 e. The first kappa shape index (κ1) is 9.35. The highest BCUT2D eigenvalue weighted by molar-refractivity contribution is 5.71. The molecule has 0 fully saturated rings. The topological polar surface area (TPSA) is 104 Å². The Labute approximate surface area is 58.1 Å². The minimum atomic E-state index is -2.24. The van der Waals surface area contributed by atoms with Gasteiger partial charge in [0.05, 0.1) is 0 Å². The Bertz CT molecular complexity index is 128. The van der Waals surface area contributed by atoms with Crippen LogP contribution in [0.2, 0.25) is 0 Å². The molecule has 0 aromatic rings. The zero-order chi connectivity index (χ0) is 8.36. The molecule has 5 heteroatoms. The van der Waals surface area contributed by atoms with E-state index >= 15 is 0 Å². The molecule has 1 atom stereocenters. The van der Waals surface area contributed by atoms with Crippen LogP contribution in [-0.2, 0) is 4.79 Å². The summed E-state index contributed by atoms with van der Waals surface area (Å²) in [4.78, 5) is 10.2. The molecule has 0 aliphatic heterocycles. The van der Waals surface area contributed by atoms with E-state index in [0.717, 1.165) is 6.92 Å². The third-order valence-corrected chi connectivity index (χ3v) is 1.19. The lowest BCUT2D eigenvalue weighted by molar-refractivity contribution is -0.197. The maximum atomic E-state index is 10.2. The lowest BCUT2D eigenvalue weighted by Gasteiger charge is -2.22. The van der Waals surface area contributed by atoms with E-state index < -0.39 is 17.7 Å². The lowest BCUT2D eigenvalue weighted by atomic mass is 10.0. The summed E-state index contributed by atoms with van der Waals surface area (Å²) in [6.07, 6.45) is 0. The SMILES string of the molecule is CC(O)(O)C(CN)C(=O)O. The first-order valence-electron chi connectivity index (χ1n) is 2.77. The van der Waals surface area contributed by atoms with Crippen molar-refractivity contribution in [1.82, 2.24) is 0 Å². The second kappa shape index (κ2) is 2.96. The normalized spacial score (nSPS) is 14.8. The Morgan fingerprint density at radius 2 is 2.10 bits per heavy atom. The molecule has 0 heterocycles. The van der Waals surface area contributed by atoms with Gasteiger partial charge in [-0.3, -0.25) is 4.79 Å². The van der Waals surface area contributed by atoms with Gasteiger partial charge in [-0.25, -0.2) is 0 Å². The van der Waals surface area contributed by atoms with Crippen molar-refractivity contribution in [2.75, 3.05) is 6.54 Å². The molecule has 5 N–H and O–H groups in total. The van der Waals surface area contributed by atoms with E-state index in [0.29, 0.717) is 0 Å². The van der Waals surface area contributed by atoms with Crippen LogP contribution in [0, 0.1) is 5.92 Å². The van der Waals surface area contributed by atoms with Crippen LogP contribution in [0.15, 0.2) is 0 Å². The van der Waals surface area contributed by atoms with E-state index in [1.165, 1.54) is 0 Å². The van der Waals surface area contributed by atoms with Gasteiger partial charge in [-0.2, -0.15) is 0 Å². The summed E-state index contributed by atoms with van der Waals surface area (Å²) in [7, 11) is 0. The van der Waals surface area contributed by atoms with Crippen LogP contribution in [0.3, 0.4) is 0 Å². The predicted molar refractivity (Wildman–Crippen MR) is 33.0 cm³/mol. The fraction of sp³-hybridized carbons (Fsp3) is 0.800. The Morgan fingerprint density at radius 3 is 2.10 bits per heavy atom. The van der Waals surface area contributed by atoms with Crippen LogP contribution < -0.4 is 5.73 Å². The molecular formula is C5H11NO4. The number of carboxylic acids is 1. The number of rotatable bonds is 3. The summed E-state index contributed by atoms with van der Waals surface area (Å²) in [6, 6.07) is 0. The monoisotopic (exact) mass is 149 g/mol. The molecule has 10 heavy (non-hydrogen) atoms. The number of hydrogen-bond donors (Lipinski definition) is 4. The number of nitrogens with two attached hydrogens (primary N) is 1. The molecule has 0 bridgehead atoms. The van der Waals surface area contributed by atoms with Crippen LogP contribution in [0.25, 0.3) is 0 Å². The quantitative estimate of drug-likeness (QED) is 0.360. The highest BCUT2D eigenvalue weighted by atomic mass is 16.5. The standard InChI is InChI=1S/C5H11NO4/c1-5(9,10)3(2-6)4(7)8/h3,9-10H,2,6H2,1H3,(H,7,8). The van der Waals surface area contributed by atoms with Gasteiger partial charge in [0, 0.05) is 6.54 Å². The van der Waals surface area contributed by atoms with Crippen LogP contribution in [0.1, 0.15) is 6.92 Å². The van der Waals surface area contributed by atoms with Crippen molar-refractivity contribution in [1.29, 1.82) is 0 Å². The maximum Gasteiger partial charge on any atom is 0.313 e. The minimum Gasteiger partial charge on any atom is -0.481 e. The van der Waals surface area contributed by atoms with Gasteiger partial charge in [0.15, 0.2) is 5.79 Å². The molecule has 0 saturated carbocycles. The van der Waals surface area contributed by atoms with E-state index in [2.05, 4.69) is 0 Å². The van der Waals surface area contributed by atoms with Crippen LogP contribution in [-0.4, -0.2) is 33.6 Å². The minimum absolute atomic E-state index is 0.293. The third-order valence-electron chi connectivity index (χ3n) is 1.19. The van der Waals surface area contributed by atoms with E-state index in [-0.39, 0.29) is 6.54 Å². The van der Waals surface area contributed by atoms with Crippen LogP contribution >= 0.6 is 0 Å². The lowest BCUT2D eigenvalue weighted by Crippen LogP contribution is -2.43. The molecule has 0 rings (SSSR count). The van der Waals surface area contributed by atoms with Gasteiger partial charge >= 0.3 is 5.97 Å². The van der Waals surface area contributed by atoms with Crippen molar-refractivity contribution in [2.24, 2.45) is 11.7 Å². The van der Waals surface area contributed by atoms with E-state index in [4.69, 9.17) is 21.1 Å². The Hall–Kier alpha value is -0.650. The highest BCUT2D eigenvalue weighted by Gasteiger charge is 2.33. The fourth-order valence-corrected chi connectivity index (χ4v) is 0.558. The van der Waals surface area contributed by atoms with Gasteiger partial charge in [0.1, 0.15) is 5.92 Å². The Morgan fingerprint density at radius 1 is 1.70 bits per heavy atom. The maximum absolute atomic E-state index is 10.2. The molecule has 5 nitrogen and oxygen atoms in total. The molecule has 0 aromatic carbocycles. The summed E-state index contributed by atoms with van der Waals surface area (Å²) in [5.74, 6) is -4.87. The first-order chi connectivity index (χ1) is 4.39. The average Bonchev–Trinajstić information content (AvgIpc) is 1.60. The number of carbonyl (C=O) groups is 1. The third kappa shape index (κ3) is 2.30. The van der Waals surface area contributed by atoms with Crippen molar-refractivity contribution in [2.45, 2.75) is 12.7 Å². The summed E-state index contributed by atoms with van der Waals surface area (Å²) >= 11 is 0. The molecular weight excluding hydrogens is 138 g/mol. The molecule has 1 unspecified atom stereocenters. The van der Waals surface area contributed by atoms with Crippen LogP contribution in [0.5, 0.6) is 0 Å². The average molecular weight is 149 g/mol. The van der Waals surface area contributed by atoms with Crippen molar-refractivity contribution in [3.8, 4) is 0 Å². The summed E-state index contributed by atoms with van der Waals surface area (Å²) < 4.78 is 0. The molecule has 0 aliphatic carbocycles. The first-order valence-corrected chi connectivity index (χ1v) is 2.77. The van der Waals surface area contributed by atoms with Gasteiger partial charge in [-0.15, -0.1) is 0 Å². The largest absolute Gasteiger partial charge is 0.481 e.